The van der Waals surface area contributed by atoms with Gasteiger partial charge < -0.3 is 10.5 Å². The number of hydrogen-bond acceptors (Lipinski definition) is 4. The number of aromatic nitrogens is 2. The molecule has 0 aliphatic rings. The number of esters is 1. The first-order chi connectivity index (χ1) is 7.95. The van der Waals surface area contributed by atoms with Gasteiger partial charge in [0.25, 0.3) is 0 Å². The van der Waals surface area contributed by atoms with Gasteiger partial charge in [0.15, 0.2) is 0 Å². The van der Waals surface area contributed by atoms with Gasteiger partial charge in [-0.1, -0.05) is 0 Å². The van der Waals surface area contributed by atoms with Crippen molar-refractivity contribution in [1.82, 2.24) is 9.78 Å². The molecule has 1 aromatic heterocycles. The van der Waals surface area contributed by atoms with Crippen molar-refractivity contribution in [2.45, 2.75) is 45.2 Å². The lowest BCUT2D eigenvalue weighted by Crippen LogP contribution is -2.45. The highest BCUT2D eigenvalue weighted by Crippen LogP contribution is 2.13. The Kier molecular flexibility index (Phi) is 4.69. The van der Waals surface area contributed by atoms with Crippen LogP contribution in [0, 0.1) is 6.92 Å². The molecule has 1 unspecified atom stereocenters. The number of carbonyl (C=O) groups excluding carboxylic acids is 1. The number of unbranched alkanes of at least 4 members (excludes halogenated alkanes) is 1. The quantitative estimate of drug-likeness (QED) is 0.599. The van der Waals surface area contributed by atoms with Crippen molar-refractivity contribution in [2.75, 3.05) is 7.11 Å². The zero-order valence-electron chi connectivity index (χ0n) is 10.8. The van der Waals surface area contributed by atoms with Crippen LogP contribution in [0.25, 0.3) is 0 Å². The SMILES string of the molecule is COC(=O)C(C)(N)CCCCn1cc(C)cn1. The maximum Gasteiger partial charge on any atom is 0.325 e. The van der Waals surface area contributed by atoms with Gasteiger partial charge in [-0.05, 0) is 38.7 Å². The highest BCUT2D eigenvalue weighted by molar-refractivity contribution is 5.79. The smallest absolute Gasteiger partial charge is 0.325 e. The minimum atomic E-state index is -0.880. The molecular formula is C12H21N3O2. The number of ether oxygens (including phenoxy) is 1. The Hall–Kier alpha value is -1.36. The number of rotatable bonds is 6. The molecule has 1 aromatic rings. The van der Waals surface area contributed by atoms with Gasteiger partial charge in [0, 0.05) is 12.7 Å². The maximum atomic E-state index is 11.3. The predicted octanol–water partition coefficient (Wildman–Crippen LogP) is 1.25. The van der Waals surface area contributed by atoms with E-state index in [2.05, 4.69) is 9.84 Å². The summed E-state index contributed by atoms with van der Waals surface area (Å²) in [5.41, 5.74) is 6.13. The first-order valence-electron chi connectivity index (χ1n) is 5.82. The molecule has 1 heterocycles. The molecule has 5 heteroatoms. The molecule has 96 valence electrons. The fraction of sp³-hybridized carbons (Fsp3) is 0.667. The van der Waals surface area contributed by atoms with Crippen LogP contribution in [0.15, 0.2) is 12.4 Å². The second kappa shape index (κ2) is 5.82. The summed E-state index contributed by atoms with van der Waals surface area (Å²) in [6.45, 7) is 4.57. The van der Waals surface area contributed by atoms with Crippen LogP contribution in [-0.4, -0.2) is 28.4 Å². The van der Waals surface area contributed by atoms with Crippen LogP contribution in [0.5, 0.6) is 0 Å². The van der Waals surface area contributed by atoms with Gasteiger partial charge in [-0.15, -0.1) is 0 Å². The van der Waals surface area contributed by atoms with E-state index in [1.165, 1.54) is 7.11 Å². The van der Waals surface area contributed by atoms with E-state index in [1.807, 2.05) is 24.0 Å². The van der Waals surface area contributed by atoms with Gasteiger partial charge in [-0.2, -0.15) is 5.10 Å². The summed E-state index contributed by atoms with van der Waals surface area (Å²) < 4.78 is 6.56. The Morgan fingerprint density at radius 2 is 2.29 bits per heavy atom. The second-order valence-electron chi connectivity index (χ2n) is 4.65. The third-order valence-electron chi connectivity index (χ3n) is 2.75. The molecule has 17 heavy (non-hydrogen) atoms. The van der Waals surface area contributed by atoms with Crippen LogP contribution in [0.1, 0.15) is 31.7 Å². The van der Waals surface area contributed by atoms with E-state index in [1.54, 1.807) is 6.92 Å². The summed E-state index contributed by atoms with van der Waals surface area (Å²) in [4.78, 5) is 11.3. The number of nitrogens with two attached hydrogens (primary N) is 1. The molecule has 2 N–H and O–H groups in total. The van der Waals surface area contributed by atoms with E-state index in [0.29, 0.717) is 6.42 Å². The molecule has 0 radical (unpaired) electrons. The van der Waals surface area contributed by atoms with Crippen LogP contribution in [0.2, 0.25) is 0 Å². The van der Waals surface area contributed by atoms with Gasteiger partial charge >= 0.3 is 5.97 Å². The van der Waals surface area contributed by atoms with Crippen molar-refractivity contribution in [1.29, 1.82) is 0 Å². The van der Waals surface area contributed by atoms with E-state index in [9.17, 15) is 4.79 Å². The Bertz CT molecular complexity index is 372. The monoisotopic (exact) mass is 239 g/mol. The molecule has 0 saturated heterocycles. The van der Waals surface area contributed by atoms with E-state index in [-0.39, 0.29) is 5.97 Å². The highest BCUT2D eigenvalue weighted by Gasteiger charge is 2.28. The number of hydrogen-bond donors (Lipinski definition) is 1. The third-order valence-corrected chi connectivity index (χ3v) is 2.75. The van der Waals surface area contributed by atoms with Crippen molar-refractivity contribution in [2.24, 2.45) is 5.73 Å². The average Bonchev–Trinajstić information content (AvgIpc) is 2.69. The summed E-state index contributed by atoms with van der Waals surface area (Å²) in [7, 11) is 1.36. The molecule has 1 atom stereocenters. The lowest BCUT2D eigenvalue weighted by molar-refractivity contribution is -0.146. The number of nitrogens with zero attached hydrogens (tertiary/aromatic N) is 2. The Morgan fingerprint density at radius 1 is 1.59 bits per heavy atom. The minimum absolute atomic E-state index is 0.354. The molecule has 0 aliphatic carbocycles. The third kappa shape index (κ3) is 4.19. The zero-order chi connectivity index (χ0) is 12.9. The molecule has 0 spiro atoms. The van der Waals surface area contributed by atoms with Crippen LogP contribution in [0.3, 0.4) is 0 Å². The van der Waals surface area contributed by atoms with Gasteiger partial charge in [0.1, 0.15) is 5.54 Å². The van der Waals surface area contributed by atoms with Gasteiger partial charge in [0.05, 0.1) is 13.3 Å². The first kappa shape index (κ1) is 13.7. The number of carbonyl (C=O) groups is 1. The Morgan fingerprint density at radius 3 is 2.82 bits per heavy atom. The maximum absolute atomic E-state index is 11.3. The Labute approximate surface area is 102 Å². The molecule has 0 fully saturated rings. The summed E-state index contributed by atoms with van der Waals surface area (Å²) in [6, 6.07) is 0. The topological polar surface area (TPSA) is 70.1 Å². The van der Waals surface area contributed by atoms with Gasteiger partial charge in [-0.3, -0.25) is 9.48 Å². The summed E-state index contributed by atoms with van der Waals surface area (Å²) in [5, 5.41) is 4.19. The van der Waals surface area contributed by atoms with Gasteiger partial charge in [-0.25, -0.2) is 0 Å². The van der Waals surface area contributed by atoms with E-state index in [4.69, 9.17) is 5.73 Å². The molecule has 0 amide bonds. The van der Waals surface area contributed by atoms with Crippen molar-refractivity contribution in [3.05, 3.63) is 18.0 Å². The molecular weight excluding hydrogens is 218 g/mol. The van der Waals surface area contributed by atoms with Crippen LogP contribution >= 0.6 is 0 Å². The van der Waals surface area contributed by atoms with E-state index in [0.717, 1.165) is 24.9 Å². The van der Waals surface area contributed by atoms with Crippen molar-refractivity contribution < 1.29 is 9.53 Å². The van der Waals surface area contributed by atoms with Crippen LogP contribution < -0.4 is 5.73 Å². The van der Waals surface area contributed by atoms with Gasteiger partial charge in [0.2, 0.25) is 0 Å². The van der Waals surface area contributed by atoms with Crippen LogP contribution in [0.4, 0.5) is 0 Å². The minimum Gasteiger partial charge on any atom is -0.468 e. The van der Waals surface area contributed by atoms with Crippen molar-refractivity contribution >= 4 is 5.97 Å². The van der Waals surface area contributed by atoms with Crippen molar-refractivity contribution in [3.8, 4) is 0 Å². The largest absolute Gasteiger partial charge is 0.468 e. The molecule has 0 aromatic carbocycles. The normalized spacial score (nSPS) is 14.4. The summed E-state index contributed by atoms with van der Waals surface area (Å²) in [6.07, 6.45) is 6.29. The standard InChI is InChI=1S/C12H21N3O2/c1-10-8-14-15(9-10)7-5-4-6-12(2,13)11(16)17-3/h8-9H,4-7,13H2,1-3H3. The number of aryl methyl sites for hydroxylation is 2. The molecule has 5 nitrogen and oxygen atoms in total. The fourth-order valence-electron chi connectivity index (χ4n) is 1.69. The molecule has 0 aliphatic heterocycles. The van der Waals surface area contributed by atoms with Crippen molar-refractivity contribution in [3.63, 3.8) is 0 Å². The number of methoxy groups -OCH3 is 1. The Balaban J connectivity index is 2.26. The van der Waals surface area contributed by atoms with Crippen LogP contribution in [-0.2, 0) is 16.1 Å². The highest BCUT2D eigenvalue weighted by atomic mass is 16.5. The zero-order valence-corrected chi connectivity index (χ0v) is 10.8. The lowest BCUT2D eigenvalue weighted by Gasteiger charge is -2.20. The second-order valence-corrected chi connectivity index (χ2v) is 4.65. The van der Waals surface area contributed by atoms with E-state index < -0.39 is 5.54 Å². The first-order valence-corrected chi connectivity index (χ1v) is 5.82. The molecule has 0 bridgehead atoms. The molecule has 0 saturated carbocycles. The fourth-order valence-corrected chi connectivity index (χ4v) is 1.69. The lowest BCUT2D eigenvalue weighted by atomic mass is 9.96. The molecule has 1 rings (SSSR count). The summed E-state index contributed by atoms with van der Waals surface area (Å²) in [5.74, 6) is -0.354. The average molecular weight is 239 g/mol. The predicted molar refractivity (Wildman–Crippen MR) is 65.4 cm³/mol. The van der Waals surface area contributed by atoms with E-state index >= 15 is 0 Å². The summed E-state index contributed by atoms with van der Waals surface area (Å²) >= 11 is 0.